The van der Waals surface area contributed by atoms with Gasteiger partial charge in [0.1, 0.15) is 5.75 Å². The van der Waals surface area contributed by atoms with Crippen LogP contribution in [0.4, 0.5) is 5.13 Å². The number of nitrogens with two attached hydrogens (primary N) is 1. The van der Waals surface area contributed by atoms with Gasteiger partial charge in [-0.2, -0.15) is 0 Å². The predicted octanol–water partition coefficient (Wildman–Crippen LogP) is 1.97. The first-order valence-corrected chi connectivity index (χ1v) is 7.05. The molecule has 2 rings (SSSR count). The summed E-state index contributed by atoms with van der Waals surface area (Å²) in [5.41, 5.74) is 7.70. The minimum absolute atomic E-state index is 0.195. The smallest absolute Gasteiger partial charge is 0.243 e. The zero-order valence-corrected chi connectivity index (χ0v) is 12.2. The molecule has 0 saturated heterocycles. The molecule has 0 aliphatic carbocycles. The van der Waals surface area contributed by atoms with Gasteiger partial charge in [-0.1, -0.05) is 12.1 Å². The summed E-state index contributed by atoms with van der Waals surface area (Å²) in [6, 6.07) is 6.01. The second-order valence-corrected chi connectivity index (χ2v) is 5.83. The van der Waals surface area contributed by atoms with Gasteiger partial charge in [-0.3, -0.25) is 4.79 Å². The minimum atomic E-state index is -0.649. The molecule has 0 unspecified atom stereocenters. The van der Waals surface area contributed by atoms with Crippen LogP contribution in [0, 0.1) is 13.8 Å². The molecule has 6 heteroatoms. The molecule has 0 aliphatic rings. The highest BCUT2D eigenvalue weighted by molar-refractivity contribution is 7.15. The van der Waals surface area contributed by atoms with Gasteiger partial charge >= 0.3 is 0 Å². The van der Waals surface area contributed by atoms with Crippen LogP contribution in [0.25, 0.3) is 0 Å². The summed E-state index contributed by atoms with van der Waals surface area (Å²) in [5, 5.41) is 12.5. The molecule has 1 atom stereocenters. The lowest BCUT2D eigenvalue weighted by atomic mass is 10.1. The Labute approximate surface area is 121 Å². The molecule has 20 heavy (non-hydrogen) atoms. The Morgan fingerprint density at radius 3 is 2.60 bits per heavy atom. The first-order chi connectivity index (χ1) is 9.45. The molecule has 0 bridgehead atoms. The lowest BCUT2D eigenvalue weighted by Crippen LogP contribution is -2.37. The summed E-state index contributed by atoms with van der Waals surface area (Å²) in [4.78, 5) is 17.3. The number of benzene rings is 1. The van der Waals surface area contributed by atoms with E-state index >= 15 is 0 Å². The standard InChI is InChI=1S/C14H17N3O2S/c1-8-9(2)20-14(16-8)17-13(19)12(15)7-10-3-5-11(18)6-4-10/h3-6,12,18H,7,15H2,1-2H3,(H,16,17,19)/t12-/m0/s1. The normalized spacial score (nSPS) is 12.2. The first kappa shape index (κ1) is 14.5. The molecule has 0 aliphatic heterocycles. The average molecular weight is 291 g/mol. The second-order valence-electron chi connectivity index (χ2n) is 4.63. The monoisotopic (exact) mass is 291 g/mol. The fourth-order valence-corrected chi connectivity index (χ4v) is 2.52. The van der Waals surface area contributed by atoms with Crippen LogP contribution in [0.15, 0.2) is 24.3 Å². The molecule has 2 aromatic rings. The molecule has 1 amide bonds. The Balaban J connectivity index is 1.96. The number of aromatic nitrogens is 1. The fourth-order valence-electron chi connectivity index (χ4n) is 1.70. The van der Waals surface area contributed by atoms with Gasteiger partial charge in [-0.25, -0.2) is 4.98 Å². The van der Waals surface area contributed by atoms with Crippen molar-refractivity contribution in [2.24, 2.45) is 5.73 Å². The number of hydrogen-bond donors (Lipinski definition) is 3. The summed E-state index contributed by atoms with van der Waals surface area (Å²) in [7, 11) is 0. The minimum Gasteiger partial charge on any atom is -0.508 e. The second kappa shape index (κ2) is 6.02. The van der Waals surface area contributed by atoms with Crippen LogP contribution in [-0.2, 0) is 11.2 Å². The number of nitrogens with zero attached hydrogens (tertiary/aromatic N) is 1. The topological polar surface area (TPSA) is 88.2 Å². The van der Waals surface area contributed by atoms with Gasteiger partial charge in [-0.15, -0.1) is 11.3 Å². The van der Waals surface area contributed by atoms with Crippen molar-refractivity contribution in [3.05, 3.63) is 40.4 Å². The van der Waals surface area contributed by atoms with Crippen LogP contribution >= 0.6 is 11.3 Å². The molecule has 1 heterocycles. The van der Waals surface area contributed by atoms with Gasteiger partial charge in [0.25, 0.3) is 0 Å². The SMILES string of the molecule is Cc1nc(NC(=O)[C@@H](N)Cc2ccc(O)cc2)sc1C. The number of phenolic OH excluding ortho intramolecular Hbond substituents is 1. The number of thiazole rings is 1. The quantitative estimate of drug-likeness (QED) is 0.803. The van der Waals surface area contributed by atoms with E-state index in [4.69, 9.17) is 5.73 Å². The van der Waals surface area contributed by atoms with Gasteiger partial charge in [0.05, 0.1) is 11.7 Å². The molecule has 0 fully saturated rings. The van der Waals surface area contributed by atoms with Crippen LogP contribution in [0.2, 0.25) is 0 Å². The number of carbonyl (C=O) groups is 1. The van der Waals surface area contributed by atoms with E-state index < -0.39 is 6.04 Å². The Morgan fingerprint density at radius 2 is 2.05 bits per heavy atom. The highest BCUT2D eigenvalue weighted by atomic mass is 32.1. The molecule has 1 aromatic carbocycles. The van der Waals surface area contributed by atoms with Crippen molar-refractivity contribution in [1.29, 1.82) is 0 Å². The molecule has 0 spiro atoms. The van der Waals surface area contributed by atoms with Crippen LogP contribution in [0.3, 0.4) is 0 Å². The number of rotatable bonds is 4. The van der Waals surface area contributed by atoms with Crippen LogP contribution < -0.4 is 11.1 Å². The van der Waals surface area contributed by atoms with Gasteiger partial charge in [0.2, 0.25) is 5.91 Å². The van der Waals surface area contributed by atoms with Gasteiger partial charge in [0, 0.05) is 4.88 Å². The Hall–Kier alpha value is -1.92. The van der Waals surface area contributed by atoms with Crippen molar-refractivity contribution >= 4 is 22.4 Å². The summed E-state index contributed by atoms with van der Waals surface area (Å²) in [6.45, 7) is 3.86. The van der Waals surface area contributed by atoms with Crippen molar-refractivity contribution in [3.8, 4) is 5.75 Å². The molecule has 5 nitrogen and oxygen atoms in total. The van der Waals surface area contributed by atoms with E-state index in [2.05, 4.69) is 10.3 Å². The number of aryl methyl sites for hydroxylation is 2. The van der Waals surface area contributed by atoms with E-state index in [0.717, 1.165) is 16.1 Å². The predicted molar refractivity (Wildman–Crippen MR) is 80.0 cm³/mol. The number of hydrogen-bond acceptors (Lipinski definition) is 5. The summed E-state index contributed by atoms with van der Waals surface area (Å²) in [6.07, 6.45) is 0.412. The van der Waals surface area contributed by atoms with Gasteiger partial charge in [-0.05, 0) is 38.0 Å². The Morgan fingerprint density at radius 1 is 1.40 bits per heavy atom. The van der Waals surface area contributed by atoms with E-state index in [1.807, 2.05) is 13.8 Å². The zero-order valence-electron chi connectivity index (χ0n) is 11.4. The number of carbonyl (C=O) groups excluding carboxylic acids is 1. The Kier molecular flexibility index (Phi) is 4.36. The molecule has 1 aromatic heterocycles. The maximum atomic E-state index is 12.0. The maximum Gasteiger partial charge on any atom is 0.243 e. The van der Waals surface area contributed by atoms with Crippen molar-refractivity contribution in [2.75, 3.05) is 5.32 Å². The van der Waals surface area contributed by atoms with E-state index in [-0.39, 0.29) is 11.7 Å². The lowest BCUT2D eigenvalue weighted by molar-refractivity contribution is -0.117. The van der Waals surface area contributed by atoms with E-state index in [1.165, 1.54) is 11.3 Å². The lowest BCUT2D eigenvalue weighted by Gasteiger charge is -2.10. The summed E-state index contributed by atoms with van der Waals surface area (Å²) < 4.78 is 0. The summed E-state index contributed by atoms with van der Waals surface area (Å²) in [5.74, 6) is -0.0627. The summed E-state index contributed by atoms with van der Waals surface area (Å²) >= 11 is 1.44. The highest BCUT2D eigenvalue weighted by Crippen LogP contribution is 2.21. The molecular formula is C14H17N3O2S. The zero-order chi connectivity index (χ0) is 14.7. The number of anilines is 1. The number of phenols is 1. The molecule has 0 radical (unpaired) electrons. The van der Waals surface area contributed by atoms with Crippen LogP contribution in [-0.4, -0.2) is 22.0 Å². The molecule has 4 N–H and O–H groups in total. The van der Waals surface area contributed by atoms with Crippen molar-refractivity contribution in [1.82, 2.24) is 4.98 Å². The third-order valence-electron chi connectivity index (χ3n) is 2.99. The van der Waals surface area contributed by atoms with Crippen molar-refractivity contribution in [3.63, 3.8) is 0 Å². The third kappa shape index (κ3) is 3.55. The van der Waals surface area contributed by atoms with E-state index in [1.54, 1.807) is 24.3 Å². The average Bonchev–Trinajstić information content (AvgIpc) is 2.71. The molecule has 106 valence electrons. The van der Waals surface area contributed by atoms with Crippen molar-refractivity contribution < 1.29 is 9.90 Å². The van der Waals surface area contributed by atoms with E-state index in [0.29, 0.717) is 11.6 Å². The number of nitrogens with one attached hydrogen (secondary N) is 1. The third-order valence-corrected chi connectivity index (χ3v) is 3.98. The number of amides is 1. The van der Waals surface area contributed by atoms with Crippen LogP contribution in [0.5, 0.6) is 5.75 Å². The first-order valence-electron chi connectivity index (χ1n) is 6.24. The molecular weight excluding hydrogens is 274 g/mol. The van der Waals surface area contributed by atoms with Gasteiger partial charge < -0.3 is 16.2 Å². The molecule has 0 saturated carbocycles. The maximum absolute atomic E-state index is 12.0. The number of aromatic hydroxyl groups is 1. The van der Waals surface area contributed by atoms with Crippen molar-refractivity contribution in [2.45, 2.75) is 26.3 Å². The van der Waals surface area contributed by atoms with Crippen LogP contribution in [0.1, 0.15) is 16.1 Å². The van der Waals surface area contributed by atoms with Gasteiger partial charge in [0.15, 0.2) is 5.13 Å². The Bertz CT molecular complexity index is 588. The fraction of sp³-hybridized carbons (Fsp3) is 0.286. The highest BCUT2D eigenvalue weighted by Gasteiger charge is 2.16. The largest absolute Gasteiger partial charge is 0.508 e. The van der Waals surface area contributed by atoms with E-state index in [9.17, 15) is 9.90 Å².